The van der Waals surface area contributed by atoms with Crippen molar-refractivity contribution >= 4 is 11.8 Å². The van der Waals surface area contributed by atoms with Gasteiger partial charge >= 0.3 is 0 Å². The second kappa shape index (κ2) is 8.94. The molecule has 4 nitrogen and oxygen atoms in total. The van der Waals surface area contributed by atoms with Crippen LogP contribution in [0.4, 0.5) is 0 Å². The zero-order valence-corrected chi connectivity index (χ0v) is 7.52. The Morgan fingerprint density at radius 3 is 1.55 bits per heavy atom. The molecule has 0 rings (SSSR count). The van der Waals surface area contributed by atoms with Crippen molar-refractivity contribution in [3.63, 3.8) is 0 Å². The molecule has 11 heavy (non-hydrogen) atoms. The fourth-order valence-electron chi connectivity index (χ4n) is 0.249. The number of nitrogens with one attached hydrogen (secondary N) is 2. The maximum absolute atomic E-state index is 9.93. The molecule has 66 valence electrons. The van der Waals surface area contributed by atoms with Crippen LogP contribution >= 0.6 is 0 Å². The van der Waals surface area contributed by atoms with E-state index in [9.17, 15) is 9.59 Å². The molecule has 0 aromatic heterocycles. The highest BCUT2D eigenvalue weighted by Crippen LogP contribution is 1.54. The lowest BCUT2D eigenvalue weighted by molar-refractivity contribution is -0.119. The van der Waals surface area contributed by atoms with Gasteiger partial charge in [0.2, 0.25) is 11.8 Å². The SMILES string of the molecule is CCNC(C)=O.CNC(C)=O. The number of carbonyl (C=O) groups excluding carboxylic acids is 2. The van der Waals surface area contributed by atoms with Crippen LogP contribution < -0.4 is 10.6 Å². The van der Waals surface area contributed by atoms with Gasteiger partial charge in [0, 0.05) is 27.4 Å². The second-order valence-electron chi connectivity index (χ2n) is 1.89. The van der Waals surface area contributed by atoms with Gasteiger partial charge in [-0.25, -0.2) is 0 Å². The topological polar surface area (TPSA) is 58.2 Å². The molecule has 0 unspecified atom stereocenters. The fraction of sp³-hybridized carbons (Fsp3) is 0.714. The van der Waals surface area contributed by atoms with Crippen molar-refractivity contribution in [3.05, 3.63) is 0 Å². The molecule has 0 saturated heterocycles. The number of carbonyl (C=O) groups is 2. The van der Waals surface area contributed by atoms with Crippen molar-refractivity contribution in [2.45, 2.75) is 20.8 Å². The van der Waals surface area contributed by atoms with Crippen LogP contribution in [0.3, 0.4) is 0 Å². The zero-order valence-electron chi connectivity index (χ0n) is 7.52. The molecule has 0 bridgehead atoms. The zero-order chi connectivity index (χ0) is 9.28. The van der Waals surface area contributed by atoms with Crippen LogP contribution in [-0.2, 0) is 9.59 Å². The second-order valence-corrected chi connectivity index (χ2v) is 1.89. The lowest BCUT2D eigenvalue weighted by Gasteiger charge is -1.88. The van der Waals surface area contributed by atoms with E-state index >= 15 is 0 Å². The Hall–Kier alpha value is -1.06. The summed E-state index contributed by atoms with van der Waals surface area (Å²) in [6, 6.07) is 0. The third-order valence-electron chi connectivity index (χ3n) is 0.778. The van der Waals surface area contributed by atoms with Gasteiger partial charge in [0.15, 0.2) is 0 Å². The predicted molar refractivity (Wildman–Crippen MR) is 44.1 cm³/mol. The molecule has 0 atom stereocenters. The summed E-state index contributed by atoms with van der Waals surface area (Å²) in [7, 11) is 1.60. The number of rotatable bonds is 1. The lowest BCUT2D eigenvalue weighted by atomic mass is 10.6. The molecule has 2 N–H and O–H groups in total. The first kappa shape index (κ1) is 12.6. The average molecular weight is 160 g/mol. The Bertz CT molecular complexity index is 124. The Labute approximate surface area is 67.4 Å². The van der Waals surface area contributed by atoms with Crippen LogP contribution in [0.15, 0.2) is 0 Å². The summed E-state index contributed by atoms with van der Waals surface area (Å²) in [5.74, 6) is 0.0440. The van der Waals surface area contributed by atoms with Crippen molar-refractivity contribution < 1.29 is 9.59 Å². The minimum atomic E-state index is 0.00463. The van der Waals surface area contributed by atoms with Gasteiger partial charge in [-0.3, -0.25) is 9.59 Å². The number of amides is 2. The van der Waals surface area contributed by atoms with E-state index in [1.54, 1.807) is 7.05 Å². The van der Waals surface area contributed by atoms with Gasteiger partial charge in [0.1, 0.15) is 0 Å². The predicted octanol–water partition coefficient (Wildman–Crippen LogP) is -0.105. The summed E-state index contributed by atoms with van der Waals surface area (Å²) in [6.45, 7) is 5.60. The molecular formula is C7H16N2O2. The summed E-state index contributed by atoms with van der Waals surface area (Å²) < 4.78 is 0. The first-order valence-electron chi connectivity index (χ1n) is 3.47. The van der Waals surface area contributed by atoms with E-state index in [1.165, 1.54) is 13.8 Å². The molecule has 0 fully saturated rings. The van der Waals surface area contributed by atoms with Gasteiger partial charge in [-0.2, -0.15) is 0 Å². The van der Waals surface area contributed by atoms with E-state index in [0.29, 0.717) is 0 Å². The minimum absolute atomic E-state index is 0.00463. The Balaban J connectivity index is 0. The molecular weight excluding hydrogens is 144 g/mol. The molecule has 0 aliphatic rings. The van der Waals surface area contributed by atoms with Crippen LogP contribution in [0.2, 0.25) is 0 Å². The Morgan fingerprint density at radius 2 is 1.55 bits per heavy atom. The fourth-order valence-corrected chi connectivity index (χ4v) is 0.249. The molecule has 0 radical (unpaired) electrons. The van der Waals surface area contributed by atoms with E-state index in [-0.39, 0.29) is 11.8 Å². The quantitative estimate of drug-likeness (QED) is 0.562. The summed E-state index contributed by atoms with van der Waals surface area (Å²) in [5.41, 5.74) is 0. The molecule has 4 heteroatoms. The summed E-state index contributed by atoms with van der Waals surface area (Å²) in [5, 5.41) is 4.96. The first-order chi connectivity index (χ1) is 5.04. The highest BCUT2D eigenvalue weighted by Gasteiger charge is 1.79. The highest BCUT2D eigenvalue weighted by molar-refractivity contribution is 5.72. The summed E-state index contributed by atoms with van der Waals surface area (Å²) in [6.07, 6.45) is 0. The molecule has 0 aliphatic carbocycles. The molecule has 0 aliphatic heterocycles. The Kier molecular flexibility index (Phi) is 10.2. The summed E-state index contributed by atoms with van der Waals surface area (Å²) in [4.78, 5) is 19.6. The van der Waals surface area contributed by atoms with Crippen molar-refractivity contribution in [3.8, 4) is 0 Å². The van der Waals surface area contributed by atoms with Gasteiger partial charge < -0.3 is 10.6 Å². The number of hydrogen-bond acceptors (Lipinski definition) is 2. The van der Waals surface area contributed by atoms with Gasteiger partial charge in [-0.1, -0.05) is 0 Å². The van der Waals surface area contributed by atoms with E-state index in [0.717, 1.165) is 6.54 Å². The molecule has 0 saturated carbocycles. The van der Waals surface area contributed by atoms with Gasteiger partial charge in [0.05, 0.1) is 0 Å². The average Bonchev–Trinajstić information content (AvgIpc) is 1.89. The molecule has 2 amide bonds. The third kappa shape index (κ3) is 27.7. The Morgan fingerprint density at radius 1 is 1.18 bits per heavy atom. The van der Waals surface area contributed by atoms with Gasteiger partial charge in [0.25, 0.3) is 0 Å². The van der Waals surface area contributed by atoms with Crippen molar-refractivity contribution in [1.29, 1.82) is 0 Å². The largest absolute Gasteiger partial charge is 0.359 e. The monoisotopic (exact) mass is 160 g/mol. The van der Waals surface area contributed by atoms with Crippen molar-refractivity contribution in [2.24, 2.45) is 0 Å². The van der Waals surface area contributed by atoms with E-state index < -0.39 is 0 Å². The third-order valence-corrected chi connectivity index (χ3v) is 0.778. The number of hydrogen-bond donors (Lipinski definition) is 2. The standard InChI is InChI=1S/C4H9NO.C3H7NO/c1-3-5-4(2)6;1-3(5)4-2/h3H2,1-2H3,(H,5,6);1-2H3,(H,4,5). The molecule has 0 spiro atoms. The van der Waals surface area contributed by atoms with Crippen molar-refractivity contribution in [1.82, 2.24) is 10.6 Å². The van der Waals surface area contributed by atoms with Crippen molar-refractivity contribution in [2.75, 3.05) is 13.6 Å². The summed E-state index contributed by atoms with van der Waals surface area (Å²) >= 11 is 0. The van der Waals surface area contributed by atoms with Gasteiger partial charge in [-0.15, -0.1) is 0 Å². The van der Waals surface area contributed by atoms with Crippen LogP contribution in [0.25, 0.3) is 0 Å². The maximum Gasteiger partial charge on any atom is 0.216 e. The molecule has 0 aromatic rings. The molecule has 0 aromatic carbocycles. The maximum atomic E-state index is 9.93. The lowest BCUT2D eigenvalue weighted by Crippen LogP contribution is -2.18. The van der Waals surface area contributed by atoms with Crippen LogP contribution in [0.1, 0.15) is 20.8 Å². The molecule has 0 heterocycles. The van der Waals surface area contributed by atoms with E-state index in [1.807, 2.05) is 6.92 Å². The van der Waals surface area contributed by atoms with Crippen LogP contribution in [0.5, 0.6) is 0 Å². The van der Waals surface area contributed by atoms with Gasteiger partial charge in [-0.05, 0) is 6.92 Å². The van der Waals surface area contributed by atoms with Crippen LogP contribution in [-0.4, -0.2) is 25.4 Å². The smallest absolute Gasteiger partial charge is 0.216 e. The van der Waals surface area contributed by atoms with Crippen LogP contribution in [0, 0.1) is 0 Å². The minimum Gasteiger partial charge on any atom is -0.359 e. The normalized spacial score (nSPS) is 7.27. The van der Waals surface area contributed by atoms with E-state index in [4.69, 9.17) is 0 Å². The van der Waals surface area contributed by atoms with E-state index in [2.05, 4.69) is 10.6 Å². The highest BCUT2D eigenvalue weighted by atomic mass is 16.1. The first-order valence-corrected chi connectivity index (χ1v) is 3.47.